The molecule has 27 heavy (non-hydrogen) atoms. The standard InChI is InChI=1S/C21H24FN3O2/c1-14-6-5-7-15(2)19(14)24-21(27)25-12-10-16(11-13-25)23-20(26)17-8-3-4-9-18(17)22/h3-9,16H,10-13H2,1-2H3,(H,23,26)(H,24,27). The summed E-state index contributed by atoms with van der Waals surface area (Å²) < 4.78 is 13.7. The van der Waals surface area contributed by atoms with Crippen molar-refractivity contribution in [2.45, 2.75) is 32.7 Å². The molecular formula is C21H24FN3O2. The van der Waals surface area contributed by atoms with Crippen molar-refractivity contribution in [2.24, 2.45) is 0 Å². The highest BCUT2D eigenvalue weighted by molar-refractivity contribution is 5.94. The predicted molar refractivity (Wildman–Crippen MR) is 103 cm³/mol. The number of para-hydroxylation sites is 1. The van der Waals surface area contributed by atoms with Gasteiger partial charge in [-0.25, -0.2) is 9.18 Å². The van der Waals surface area contributed by atoms with E-state index in [1.807, 2.05) is 32.0 Å². The summed E-state index contributed by atoms with van der Waals surface area (Å²) >= 11 is 0. The van der Waals surface area contributed by atoms with Gasteiger partial charge in [-0.15, -0.1) is 0 Å². The van der Waals surface area contributed by atoms with Crippen LogP contribution in [-0.2, 0) is 0 Å². The highest BCUT2D eigenvalue weighted by atomic mass is 19.1. The minimum absolute atomic E-state index is 0.0488. The lowest BCUT2D eigenvalue weighted by molar-refractivity contribution is 0.0915. The average molecular weight is 369 g/mol. The molecule has 1 aliphatic rings. The molecule has 1 saturated heterocycles. The van der Waals surface area contributed by atoms with Crippen molar-refractivity contribution in [3.8, 4) is 0 Å². The van der Waals surface area contributed by atoms with Gasteiger partial charge in [0.05, 0.1) is 5.56 Å². The van der Waals surface area contributed by atoms with E-state index in [0.717, 1.165) is 16.8 Å². The second-order valence-electron chi connectivity index (χ2n) is 6.91. The van der Waals surface area contributed by atoms with Crippen molar-refractivity contribution < 1.29 is 14.0 Å². The Morgan fingerprint density at radius 3 is 2.26 bits per heavy atom. The Morgan fingerprint density at radius 2 is 1.63 bits per heavy atom. The summed E-state index contributed by atoms with van der Waals surface area (Å²) in [6.07, 6.45) is 1.28. The Hall–Kier alpha value is -2.89. The molecule has 0 bridgehead atoms. The molecule has 0 unspecified atom stereocenters. The molecule has 0 atom stereocenters. The number of rotatable bonds is 3. The van der Waals surface area contributed by atoms with Gasteiger partial charge in [0, 0.05) is 24.8 Å². The number of amides is 3. The summed E-state index contributed by atoms with van der Waals surface area (Å²) in [5, 5.41) is 5.85. The highest BCUT2D eigenvalue weighted by Gasteiger charge is 2.25. The highest BCUT2D eigenvalue weighted by Crippen LogP contribution is 2.21. The molecule has 0 radical (unpaired) electrons. The number of aryl methyl sites for hydroxylation is 2. The molecule has 0 spiro atoms. The van der Waals surface area contributed by atoms with E-state index in [0.29, 0.717) is 25.9 Å². The molecule has 2 aromatic rings. The number of likely N-dealkylation sites (tertiary alicyclic amines) is 1. The number of nitrogens with zero attached hydrogens (tertiary/aromatic N) is 1. The number of anilines is 1. The van der Waals surface area contributed by atoms with Crippen molar-refractivity contribution in [3.05, 3.63) is 65.0 Å². The van der Waals surface area contributed by atoms with E-state index >= 15 is 0 Å². The van der Waals surface area contributed by atoms with Crippen LogP contribution in [-0.4, -0.2) is 36.0 Å². The molecule has 0 saturated carbocycles. The maximum Gasteiger partial charge on any atom is 0.321 e. The van der Waals surface area contributed by atoms with Crippen LogP contribution < -0.4 is 10.6 Å². The fourth-order valence-corrected chi connectivity index (χ4v) is 3.33. The van der Waals surface area contributed by atoms with Gasteiger partial charge in [0.1, 0.15) is 5.82 Å². The van der Waals surface area contributed by atoms with Gasteiger partial charge in [0.25, 0.3) is 5.91 Å². The fraction of sp³-hybridized carbons (Fsp3) is 0.333. The van der Waals surface area contributed by atoms with Crippen molar-refractivity contribution in [3.63, 3.8) is 0 Å². The summed E-state index contributed by atoms with van der Waals surface area (Å²) in [4.78, 5) is 26.5. The number of hydrogen-bond donors (Lipinski definition) is 2. The monoisotopic (exact) mass is 369 g/mol. The van der Waals surface area contributed by atoms with Crippen LogP contribution in [0.2, 0.25) is 0 Å². The largest absolute Gasteiger partial charge is 0.349 e. The maximum absolute atomic E-state index is 13.7. The fourth-order valence-electron chi connectivity index (χ4n) is 3.33. The smallest absolute Gasteiger partial charge is 0.321 e. The Labute approximate surface area is 158 Å². The SMILES string of the molecule is Cc1cccc(C)c1NC(=O)N1CCC(NC(=O)c2ccccc2F)CC1. The summed E-state index contributed by atoms with van der Waals surface area (Å²) in [5.74, 6) is -0.938. The normalized spacial score (nSPS) is 14.7. The minimum atomic E-state index is -0.527. The van der Waals surface area contributed by atoms with Gasteiger partial charge in [-0.1, -0.05) is 30.3 Å². The first-order chi connectivity index (χ1) is 13.0. The zero-order chi connectivity index (χ0) is 19.4. The Morgan fingerprint density at radius 1 is 1.00 bits per heavy atom. The molecule has 0 aliphatic carbocycles. The van der Waals surface area contributed by atoms with Gasteiger partial charge in [0.2, 0.25) is 0 Å². The maximum atomic E-state index is 13.7. The molecule has 5 nitrogen and oxygen atoms in total. The summed E-state index contributed by atoms with van der Waals surface area (Å²) in [6, 6.07) is 11.6. The van der Waals surface area contributed by atoms with Gasteiger partial charge in [-0.05, 0) is 49.9 Å². The van der Waals surface area contributed by atoms with Gasteiger partial charge in [-0.3, -0.25) is 4.79 Å². The Bertz CT molecular complexity index is 825. The quantitative estimate of drug-likeness (QED) is 0.863. The molecule has 2 N–H and O–H groups in total. The van der Waals surface area contributed by atoms with Crippen LogP contribution in [0.15, 0.2) is 42.5 Å². The van der Waals surface area contributed by atoms with E-state index < -0.39 is 11.7 Å². The van der Waals surface area contributed by atoms with Gasteiger partial charge in [-0.2, -0.15) is 0 Å². The molecule has 142 valence electrons. The second kappa shape index (κ2) is 8.20. The third-order valence-corrected chi connectivity index (χ3v) is 4.95. The number of urea groups is 1. The minimum Gasteiger partial charge on any atom is -0.349 e. The first-order valence-electron chi connectivity index (χ1n) is 9.13. The number of piperidine rings is 1. The zero-order valence-electron chi connectivity index (χ0n) is 15.6. The number of benzene rings is 2. The lowest BCUT2D eigenvalue weighted by Gasteiger charge is -2.32. The Kier molecular flexibility index (Phi) is 5.74. The number of nitrogens with one attached hydrogen (secondary N) is 2. The van der Waals surface area contributed by atoms with Crippen molar-refractivity contribution >= 4 is 17.6 Å². The number of carbonyl (C=O) groups excluding carboxylic acids is 2. The molecule has 0 aromatic heterocycles. The van der Waals surface area contributed by atoms with Crippen molar-refractivity contribution in [2.75, 3.05) is 18.4 Å². The summed E-state index contributed by atoms with van der Waals surface area (Å²) in [5.41, 5.74) is 2.94. The summed E-state index contributed by atoms with van der Waals surface area (Å²) in [7, 11) is 0. The van der Waals surface area contributed by atoms with E-state index in [4.69, 9.17) is 0 Å². The second-order valence-corrected chi connectivity index (χ2v) is 6.91. The molecule has 1 aliphatic heterocycles. The number of carbonyl (C=O) groups is 2. The van der Waals surface area contributed by atoms with E-state index in [-0.39, 0.29) is 17.6 Å². The van der Waals surface area contributed by atoms with Gasteiger partial charge in [0.15, 0.2) is 0 Å². The Balaban J connectivity index is 1.53. The molecule has 2 aromatic carbocycles. The molecule has 1 fully saturated rings. The summed E-state index contributed by atoms with van der Waals surface area (Å²) in [6.45, 7) is 5.01. The zero-order valence-corrected chi connectivity index (χ0v) is 15.6. The van der Waals surface area contributed by atoms with Crippen molar-refractivity contribution in [1.82, 2.24) is 10.2 Å². The van der Waals surface area contributed by atoms with Crippen LogP contribution >= 0.6 is 0 Å². The first-order valence-corrected chi connectivity index (χ1v) is 9.13. The lowest BCUT2D eigenvalue weighted by Crippen LogP contribution is -2.47. The lowest BCUT2D eigenvalue weighted by atomic mass is 10.0. The molecule has 6 heteroatoms. The number of hydrogen-bond acceptors (Lipinski definition) is 2. The van der Waals surface area contributed by atoms with Crippen LogP contribution in [0.5, 0.6) is 0 Å². The molecule has 3 amide bonds. The third-order valence-electron chi connectivity index (χ3n) is 4.95. The van der Waals surface area contributed by atoms with E-state index in [9.17, 15) is 14.0 Å². The molecular weight excluding hydrogens is 345 g/mol. The van der Waals surface area contributed by atoms with E-state index in [1.54, 1.807) is 17.0 Å². The van der Waals surface area contributed by atoms with E-state index in [2.05, 4.69) is 10.6 Å². The molecule has 3 rings (SSSR count). The van der Waals surface area contributed by atoms with Crippen LogP contribution in [0.25, 0.3) is 0 Å². The van der Waals surface area contributed by atoms with Crippen LogP contribution in [0.3, 0.4) is 0 Å². The third kappa shape index (κ3) is 4.45. The predicted octanol–water partition coefficient (Wildman–Crippen LogP) is 3.87. The van der Waals surface area contributed by atoms with Crippen LogP contribution in [0, 0.1) is 19.7 Å². The topological polar surface area (TPSA) is 61.4 Å². The average Bonchev–Trinajstić information content (AvgIpc) is 2.65. The van der Waals surface area contributed by atoms with Crippen LogP contribution in [0.4, 0.5) is 14.9 Å². The van der Waals surface area contributed by atoms with Crippen molar-refractivity contribution in [1.29, 1.82) is 0 Å². The van der Waals surface area contributed by atoms with E-state index in [1.165, 1.54) is 12.1 Å². The van der Waals surface area contributed by atoms with Gasteiger partial charge < -0.3 is 15.5 Å². The first kappa shape index (κ1) is 18.9. The van der Waals surface area contributed by atoms with Crippen LogP contribution in [0.1, 0.15) is 34.3 Å². The molecule has 1 heterocycles. The number of halogens is 1. The van der Waals surface area contributed by atoms with Gasteiger partial charge >= 0.3 is 6.03 Å².